The Hall–Kier alpha value is -2.10. The number of carbonyl (C=O) groups excluding carboxylic acids is 1. The highest BCUT2D eigenvalue weighted by molar-refractivity contribution is 7.80. The molecule has 0 spiro atoms. The lowest BCUT2D eigenvalue weighted by atomic mass is 10.3. The monoisotopic (exact) mass is 382 g/mol. The van der Waals surface area contributed by atoms with Gasteiger partial charge in [0.1, 0.15) is 0 Å². The Morgan fingerprint density at radius 2 is 1.96 bits per heavy atom. The molecule has 1 fully saturated rings. The fourth-order valence-electron chi connectivity index (χ4n) is 2.42. The molecule has 0 aromatic heterocycles. The number of amides is 1. The lowest BCUT2D eigenvalue weighted by molar-refractivity contribution is -0.123. The quantitative estimate of drug-likeness (QED) is 0.336. The van der Waals surface area contributed by atoms with Gasteiger partial charge in [-0.15, -0.1) is 0 Å². The summed E-state index contributed by atoms with van der Waals surface area (Å²) in [5, 5.41) is 3.43. The van der Waals surface area contributed by atoms with Crippen LogP contribution in [0, 0.1) is 0 Å². The molecule has 8 nitrogen and oxygen atoms in total. The largest absolute Gasteiger partial charge is 0.493 e. The Bertz CT molecular complexity index is 582. The van der Waals surface area contributed by atoms with Gasteiger partial charge in [-0.2, -0.15) is 0 Å². The second kappa shape index (κ2) is 11.5. The van der Waals surface area contributed by atoms with Gasteiger partial charge in [-0.3, -0.25) is 20.5 Å². The first-order valence-corrected chi connectivity index (χ1v) is 8.98. The summed E-state index contributed by atoms with van der Waals surface area (Å²) in [5.41, 5.74) is 5.16. The number of hydrogen-bond donors (Lipinski definition) is 3. The topological polar surface area (TPSA) is 84.1 Å². The third-order valence-electron chi connectivity index (χ3n) is 3.78. The maximum Gasteiger partial charge on any atom is 0.276 e. The minimum absolute atomic E-state index is 0.146. The van der Waals surface area contributed by atoms with Crippen LogP contribution in [-0.4, -0.2) is 69.0 Å². The van der Waals surface area contributed by atoms with Crippen molar-refractivity contribution in [2.45, 2.75) is 6.42 Å². The van der Waals surface area contributed by atoms with Gasteiger partial charge in [-0.25, -0.2) is 0 Å². The van der Waals surface area contributed by atoms with E-state index in [1.807, 2.05) is 12.1 Å². The number of nitrogens with zero attached hydrogens (tertiary/aromatic N) is 1. The summed E-state index contributed by atoms with van der Waals surface area (Å²) in [5.74, 6) is 0.744. The molecule has 3 N–H and O–H groups in total. The molecule has 0 saturated carbocycles. The highest BCUT2D eigenvalue weighted by atomic mass is 32.1. The zero-order valence-corrected chi connectivity index (χ0v) is 15.8. The van der Waals surface area contributed by atoms with Gasteiger partial charge in [0.25, 0.3) is 5.91 Å². The average molecular weight is 382 g/mol. The Labute approximate surface area is 159 Å². The summed E-state index contributed by atoms with van der Waals surface area (Å²) >= 11 is 5.13. The molecular formula is C17H26N4O4S. The van der Waals surface area contributed by atoms with Gasteiger partial charge in [-0.1, -0.05) is 12.1 Å². The Morgan fingerprint density at radius 1 is 1.23 bits per heavy atom. The van der Waals surface area contributed by atoms with Crippen molar-refractivity contribution in [1.82, 2.24) is 21.1 Å². The highest BCUT2D eigenvalue weighted by Crippen LogP contribution is 2.25. The van der Waals surface area contributed by atoms with Gasteiger partial charge in [-0.05, 0) is 37.3 Å². The van der Waals surface area contributed by atoms with Crippen molar-refractivity contribution < 1.29 is 19.0 Å². The van der Waals surface area contributed by atoms with Crippen molar-refractivity contribution in [3.8, 4) is 11.5 Å². The van der Waals surface area contributed by atoms with E-state index in [9.17, 15) is 4.79 Å². The molecule has 0 aliphatic carbocycles. The first kappa shape index (κ1) is 20.2. The molecular weight excluding hydrogens is 356 g/mol. The third-order valence-corrected chi connectivity index (χ3v) is 4.03. The number of nitrogens with one attached hydrogen (secondary N) is 3. The summed E-state index contributed by atoms with van der Waals surface area (Å²) in [4.78, 5) is 14.2. The number of methoxy groups -OCH3 is 1. The van der Waals surface area contributed by atoms with Crippen LogP contribution in [0.25, 0.3) is 0 Å². The summed E-state index contributed by atoms with van der Waals surface area (Å²) in [6, 6.07) is 7.14. The van der Waals surface area contributed by atoms with E-state index in [0.717, 1.165) is 45.8 Å². The van der Waals surface area contributed by atoms with Crippen LogP contribution in [0.4, 0.5) is 0 Å². The Kier molecular flexibility index (Phi) is 8.94. The van der Waals surface area contributed by atoms with Crippen LogP contribution in [0.1, 0.15) is 6.42 Å². The van der Waals surface area contributed by atoms with Crippen LogP contribution in [-0.2, 0) is 9.53 Å². The van der Waals surface area contributed by atoms with Gasteiger partial charge < -0.3 is 19.5 Å². The van der Waals surface area contributed by atoms with Crippen LogP contribution in [0.2, 0.25) is 0 Å². The minimum Gasteiger partial charge on any atom is -0.493 e. The van der Waals surface area contributed by atoms with Crippen molar-refractivity contribution in [3.63, 3.8) is 0 Å². The summed E-state index contributed by atoms with van der Waals surface area (Å²) < 4.78 is 15.9. The molecule has 26 heavy (non-hydrogen) atoms. The van der Waals surface area contributed by atoms with Crippen molar-refractivity contribution in [2.24, 2.45) is 0 Å². The molecule has 1 heterocycles. The number of morpholine rings is 1. The molecule has 9 heteroatoms. The van der Waals surface area contributed by atoms with Crippen molar-refractivity contribution in [2.75, 3.05) is 53.1 Å². The molecule has 1 aromatic rings. The lowest BCUT2D eigenvalue weighted by Crippen LogP contribution is -2.48. The predicted molar refractivity (Wildman–Crippen MR) is 102 cm³/mol. The molecule has 1 aliphatic rings. The number of carbonyl (C=O) groups is 1. The summed E-state index contributed by atoms with van der Waals surface area (Å²) in [6.07, 6.45) is 0.965. The van der Waals surface area contributed by atoms with Crippen LogP contribution >= 0.6 is 12.2 Å². The van der Waals surface area contributed by atoms with Crippen LogP contribution in [0.15, 0.2) is 24.3 Å². The third kappa shape index (κ3) is 7.42. The SMILES string of the molecule is COc1ccccc1OCC(=O)NNC(=S)NCCCN1CCOCC1. The van der Waals surface area contributed by atoms with Gasteiger partial charge in [0.05, 0.1) is 20.3 Å². The predicted octanol–water partition coefficient (Wildman–Crippen LogP) is 0.292. The number of benzene rings is 1. The van der Waals surface area contributed by atoms with Crippen molar-refractivity contribution >= 4 is 23.2 Å². The average Bonchev–Trinajstić information content (AvgIpc) is 2.69. The molecule has 0 unspecified atom stereocenters. The van der Waals surface area contributed by atoms with Gasteiger partial charge in [0, 0.05) is 19.6 Å². The fraction of sp³-hybridized carbons (Fsp3) is 0.529. The minimum atomic E-state index is -0.339. The number of para-hydroxylation sites is 2. The highest BCUT2D eigenvalue weighted by Gasteiger charge is 2.09. The number of hydrogen-bond acceptors (Lipinski definition) is 6. The molecule has 2 rings (SSSR count). The molecule has 0 atom stereocenters. The van der Waals surface area contributed by atoms with E-state index in [4.69, 9.17) is 26.4 Å². The van der Waals surface area contributed by atoms with Crippen molar-refractivity contribution in [3.05, 3.63) is 24.3 Å². The van der Waals surface area contributed by atoms with Gasteiger partial charge in [0.2, 0.25) is 0 Å². The molecule has 0 radical (unpaired) electrons. The van der Waals surface area contributed by atoms with Gasteiger partial charge >= 0.3 is 0 Å². The molecule has 0 bridgehead atoms. The van der Waals surface area contributed by atoms with E-state index < -0.39 is 0 Å². The van der Waals surface area contributed by atoms with Gasteiger partial charge in [0.15, 0.2) is 23.2 Å². The van der Waals surface area contributed by atoms with Crippen LogP contribution in [0.5, 0.6) is 11.5 Å². The van der Waals surface area contributed by atoms with Crippen LogP contribution in [0.3, 0.4) is 0 Å². The van der Waals surface area contributed by atoms with Crippen molar-refractivity contribution in [1.29, 1.82) is 0 Å². The van der Waals surface area contributed by atoms with E-state index in [0.29, 0.717) is 16.6 Å². The molecule has 1 aromatic carbocycles. The fourth-order valence-corrected chi connectivity index (χ4v) is 2.57. The zero-order valence-electron chi connectivity index (χ0n) is 15.0. The molecule has 1 amide bonds. The van der Waals surface area contributed by atoms with E-state index in [-0.39, 0.29) is 12.5 Å². The summed E-state index contributed by atoms with van der Waals surface area (Å²) in [7, 11) is 1.55. The maximum atomic E-state index is 11.8. The first-order valence-electron chi connectivity index (χ1n) is 8.57. The van der Waals surface area contributed by atoms with E-state index in [1.54, 1.807) is 19.2 Å². The number of thiocarbonyl (C=S) groups is 1. The second-order valence-corrected chi connectivity index (χ2v) is 6.08. The number of ether oxygens (including phenoxy) is 3. The lowest BCUT2D eigenvalue weighted by Gasteiger charge is -2.26. The summed E-state index contributed by atoms with van der Waals surface area (Å²) in [6.45, 7) is 5.14. The number of hydrazine groups is 1. The molecule has 144 valence electrons. The number of rotatable bonds is 8. The maximum absolute atomic E-state index is 11.8. The first-order chi connectivity index (χ1) is 12.7. The Balaban J connectivity index is 1.54. The smallest absolute Gasteiger partial charge is 0.276 e. The second-order valence-electron chi connectivity index (χ2n) is 5.68. The molecule has 1 saturated heterocycles. The standard InChI is InChI=1S/C17H26N4O4S/c1-23-14-5-2-3-6-15(14)25-13-16(22)19-20-17(26)18-7-4-8-21-9-11-24-12-10-21/h2-3,5-6H,4,7-13H2,1H3,(H,19,22)(H2,18,20,26). The van der Waals surface area contributed by atoms with E-state index in [2.05, 4.69) is 21.1 Å². The normalized spacial score (nSPS) is 14.3. The van der Waals surface area contributed by atoms with E-state index >= 15 is 0 Å². The van der Waals surface area contributed by atoms with Crippen LogP contribution < -0.4 is 25.6 Å². The molecule has 1 aliphatic heterocycles. The van der Waals surface area contributed by atoms with E-state index in [1.165, 1.54) is 0 Å². The zero-order chi connectivity index (χ0) is 18.6. The Morgan fingerprint density at radius 3 is 2.69 bits per heavy atom.